The molecule has 1 atom stereocenters. The van der Waals surface area contributed by atoms with Gasteiger partial charge in [-0.25, -0.2) is 0 Å². The third kappa shape index (κ3) is 3.65. The zero-order valence-electron chi connectivity index (χ0n) is 15.1. The van der Waals surface area contributed by atoms with Crippen LogP contribution in [0.1, 0.15) is 12.0 Å². The van der Waals surface area contributed by atoms with Crippen molar-refractivity contribution in [1.82, 2.24) is 4.98 Å². The van der Waals surface area contributed by atoms with Crippen molar-refractivity contribution < 1.29 is 22.8 Å². The number of pyridine rings is 1. The molecule has 1 unspecified atom stereocenters. The second-order valence-corrected chi connectivity index (χ2v) is 6.79. The van der Waals surface area contributed by atoms with Gasteiger partial charge in [0.1, 0.15) is 0 Å². The average Bonchev–Trinajstić information content (AvgIpc) is 3.09. The molecular weight excluding hydrogens is 383 g/mol. The topological polar surface area (TPSA) is 62.3 Å². The number of fused-ring (bicyclic) bond motifs is 1. The molecule has 0 radical (unpaired) electrons. The Morgan fingerprint density at radius 1 is 1.07 bits per heavy atom. The zero-order valence-corrected chi connectivity index (χ0v) is 15.1. The Bertz CT molecular complexity index is 1090. The lowest BCUT2D eigenvalue weighted by Crippen LogP contribution is -2.29. The number of halogens is 3. The van der Waals surface area contributed by atoms with Gasteiger partial charge in [-0.15, -0.1) is 0 Å². The predicted molar refractivity (Wildman–Crippen MR) is 102 cm³/mol. The summed E-state index contributed by atoms with van der Waals surface area (Å²) < 4.78 is 39.4. The van der Waals surface area contributed by atoms with E-state index >= 15 is 0 Å². The summed E-state index contributed by atoms with van der Waals surface area (Å²) in [5.41, 5.74) is -0.0265. The fraction of sp³-hybridized carbons (Fsp3) is 0.190. The van der Waals surface area contributed by atoms with Gasteiger partial charge >= 0.3 is 6.18 Å². The molecule has 148 valence electrons. The largest absolute Gasteiger partial charge is 0.418 e. The number of carbonyl (C=O) groups is 2. The first-order valence-electron chi connectivity index (χ1n) is 8.96. The van der Waals surface area contributed by atoms with E-state index in [1.54, 1.807) is 24.4 Å². The van der Waals surface area contributed by atoms with E-state index in [2.05, 4.69) is 10.3 Å². The smallest absolute Gasteiger partial charge is 0.325 e. The van der Waals surface area contributed by atoms with Crippen LogP contribution in [0, 0.1) is 5.92 Å². The minimum absolute atomic E-state index is 0.0779. The van der Waals surface area contributed by atoms with Crippen LogP contribution in [0.25, 0.3) is 10.9 Å². The average molecular weight is 399 g/mol. The maximum absolute atomic E-state index is 13.1. The summed E-state index contributed by atoms with van der Waals surface area (Å²) in [5, 5.41) is 3.19. The monoisotopic (exact) mass is 399 g/mol. The van der Waals surface area contributed by atoms with Gasteiger partial charge in [0.05, 0.1) is 28.4 Å². The summed E-state index contributed by atoms with van der Waals surface area (Å²) in [5.74, 6) is -1.65. The Labute approximate surface area is 164 Å². The highest BCUT2D eigenvalue weighted by molar-refractivity contribution is 6.07. The minimum atomic E-state index is -4.59. The first-order valence-corrected chi connectivity index (χ1v) is 8.96. The number of anilines is 2. The molecule has 29 heavy (non-hydrogen) atoms. The van der Waals surface area contributed by atoms with Crippen LogP contribution in [-0.4, -0.2) is 23.3 Å². The molecule has 1 aliphatic heterocycles. The van der Waals surface area contributed by atoms with Gasteiger partial charge in [-0.2, -0.15) is 13.2 Å². The van der Waals surface area contributed by atoms with E-state index < -0.39 is 23.6 Å². The number of hydrogen-bond acceptors (Lipinski definition) is 3. The molecule has 1 saturated heterocycles. The molecule has 1 fully saturated rings. The van der Waals surface area contributed by atoms with E-state index in [1.807, 2.05) is 12.1 Å². The van der Waals surface area contributed by atoms with E-state index in [1.165, 1.54) is 23.1 Å². The second kappa shape index (κ2) is 7.20. The van der Waals surface area contributed by atoms with Crippen molar-refractivity contribution in [2.24, 2.45) is 5.92 Å². The molecule has 1 N–H and O–H groups in total. The molecule has 0 spiro atoms. The Morgan fingerprint density at radius 2 is 1.83 bits per heavy atom. The van der Waals surface area contributed by atoms with E-state index in [0.29, 0.717) is 11.2 Å². The summed E-state index contributed by atoms with van der Waals surface area (Å²) in [6.07, 6.45) is -3.05. The van der Waals surface area contributed by atoms with Crippen LogP contribution < -0.4 is 10.2 Å². The third-order valence-electron chi connectivity index (χ3n) is 4.89. The highest BCUT2D eigenvalue weighted by atomic mass is 19.4. The summed E-state index contributed by atoms with van der Waals surface area (Å²) in [7, 11) is 0. The number of alkyl halides is 3. The Morgan fingerprint density at radius 3 is 2.62 bits per heavy atom. The van der Waals surface area contributed by atoms with Crippen molar-refractivity contribution >= 4 is 34.1 Å². The van der Waals surface area contributed by atoms with E-state index in [9.17, 15) is 22.8 Å². The number of nitrogens with zero attached hydrogens (tertiary/aromatic N) is 2. The molecule has 8 heteroatoms. The molecule has 0 bridgehead atoms. The highest BCUT2D eigenvalue weighted by Crippen LogP contribution is 2.35. The van der Waals surface area contributed by atoms with Crippen LogP contribution in [0.5, 0.6) is 0 Å². The SMILES string of the molecule is O=C(Nc1ccccc1C(F)(F)F)C1CC(=O)N(c2cccc3cccnc23)C1. The van der Waals surface area contributed by atoms with E-state index in [0.717, 1.165) is 11.5 Å². The summed E-state index contributed by atoms with van der Waals surface area (Å²) >= 11 is 0. The van der Waals surface area contributed by atoms with Crippen LogP contribution in [0.4, 0.5) is 24.5 Å². The van der Waals surface area contributed by atoms with Gasteiger partial charge in [-0.3, -0.25) is 14.6 Å². The molecule has 2 amide bonds. The van der Waals surface area contributed by atoms with Crippen LogP contribution in [0.3, 0.4) is 0 Å². The number of aromatic nitrogens is 1. The number of amides is 2. The Kier molecular flexibility index (Phi) is 4.70. The number of para-hydroxylation sites is 2. The second-order valence-electron chi connectivity index (χ2n) is 6.79. The molecule has 3 aromatic rings. The lowest BCUT2D eigenvalue weighted by molar-refractivity contribution is -0.137. The summed E-state index contributed by atoms with van der Waals surface area (Å²) in [4.78, 5) is 30.9. The van der Waals surface area contributed by atoms with Crippen molar-refractivity contribution in [2.75, 3.05) is 16.8 Å². The van der Waals surface area contributed by atoms with Gasteiger partial charge in [-0.05, 0) is 24.3 Å². The quantitative estimate of drug-likeness (QED) is 0.717. The molecule has 5 nitrogen and oxygen atoms in total. The zero-order chi connectivity index (χ0) is 20.6. The van der Waals surface area contributed by atoms with Gasteiger partial charge in [0.15, 0.2) is 0 Å². The lowest BCUT2D eigenvalue weighted by atomic mass is 10.1. The normalized spacial score (nSPS) is 17.0. The van der Waals surface area contributed by atoms with Gasteiger partial charge in [-0.1, -0.05) is 30.3 Å². The fourth-order valence-corrected chi connectivity index (χ4v) is 3.50. The van der Waals surface area contributed by atoms with Crippen molar-refractivity contribution in [2.45, 2.75) is 12.6 Å². The minimum Gasteiger partial charge on any atom is -0.325 e. The summed E-state index contributed by atoms with van der Waals surface area (Å²) in [6, 6.07) is 13.8. The molecule has 2 heterocycles. The van der Waals surface area contributed by atoms with Gasteiger partial charge < -0.3 is 10.2 Å². The summed E-state index contributed by atoms with van der Waals surface area (Å²) in [6.45, 7) is 0.0779. The van der Waals surface area contributed by atoms with Gasteiger partial charge in [0.25, 0.3) is 0 Å². The Hall–Kier alpha value is -3.42. The van der Waals surface area contributed by atoms with Gasteiger partial charge in [0, 0.05) is 24.5 Å². The Balaban J connectivity index is 1.57. The van der Waals surface area contributed by atoms with Crippen LogP contribution in [-0.2, 0) is 15.8 Å². The number of benzene rings is 2. The van der Waals surface area contributed by atoms with Gasteiger partial charge in [0.2, 0.25) is 11.8 Å². The third-order valence-corrected chi connectivity index (χ3v) is 4.89. The van der Waals surface area contributed by atoms with E-state index in [4.69, 9.17) is 0 Å². The highest BCUT2D eigenvalue weighted by Gasteiger charge is 2.38. The maximum Gasteiger partial charge on any atom is 0.418 e. The molecule has 4 rings (SSSR count). The molecule has 2 aromatic carbocycles. The predicted octanol–water partition coefficient (Wildman–Crippen LogP) is 4.25. The van der Waals surface area contributed by atoms with E-state index in [-0.39, 0.29) is 24.6 Å². The first-order chi connectivity index (χ1) is 13.8. The lowest BCUT2D eigenvalue weighted by Gasteiger charge is -2.19. The molecule has 0 saturated carbocycles. The standard InChI is InChI=1S/C21H16F3N3O2/c22-21(23,24)15-7-1-2-8-16(15)26-20(29)14-11-18(28)27(12-14)17-9-3-5-13-6-4-10-25-19(13)17/h1-10,14H,11-12H2,(H,26,29). The van der Waals surface area contributed by atoms with Crippen molar-refractivity contribution in [3.63, 3.8) is 0 Å². The van der Waals surface area contributed by atoms with Crippen molar-refractivity contribution in [3.8, 4) is 0 Å². The van der Waals surface area contributed by atoms with Crippen molar-refractivity contribution in [1.29, 1.82) is 0 Å². The number of nitrogens with one attached hydrogen (secondary N) is 1. The van der Waals surface area contributed by atoms with Crippen molar-refractivity contribution in [3.05, 3.63) is 66.4 Å². The number of carbonyl (C=O) groups excluding carboxylic acids is 2. The van der Waals surface area contributed by atoms with Crippen LogP contribution in [0.15, 0.2) is 60.8 Å². The maximum atomic E-state index is 13.1. The molecule has 1 aromatic heterocycles. The molecule has 0 aliphatic carbocycles. The fourth-order valence-electron chi connectivity index (χ4n) is 3.50. The van der Waals surface area contributed by atoms with Crippen LogP contribution in [0.2, 0.25) is 0 Å². The molecule has 1 aliphatic rings. The first kappa shape index (κ1) is 18.9. The number of hydrogen-bond donors (Lipinski definition) is 1. The van der Waals surface area contributed by atoms with Crippen LogP contribution >= 0.6 is 0 Å². The molecular formula is C21H16F3N3O2. The number of rotatable bonds is 3.